The van der Waals surface area contributed by atoms with E-state index in [1.807, 2.05) is 12.1 Å². The quantitative estimate of drug-likeness (QED) is 0.883. The van der Waals surface area contributed by atoms with Crippen LogP contribution in [0.1, 0.15) is 21.5 Å². The number of aromatic hydroxyl groups is 1. The maximum atomic E-state index is 13.6. The molecule has 0 heterocycles. The summed E-state index contributed by atoms with van der Waals surface area (Å²) in [6.45, 7) is 0. The van der Waals surface area contributed by atoms with Crippen molar-refractivity contribution in [3.8, 4) is 17.9 Å². The summed E-state index contributed by atoms with van der Waals surface area (Å²) in [5.41, 5.74) is -0.00383. The van der Waals surface area contributed by atoms with E-state index in [0.29, 0.717) is 0 Å². The summed E-state index contributed by atoms with van der Waals surface area (Å²) in [5, 5.41) is 29.6. The number of nitriles is 2. The maximum absolute atomic E-state index is 13.6. The minimum atomic E-state index is -0.860. The Bertz CT molecular complexity index is 783. The molecule has 0 aromatic heterocycles. The van der Waals surface area contributed by atoms with Gasteiger partial charge in [-0.1, -0.05) is 6.07 Å². The molecule has 102 valence electrons. The van der Waals surface area contributed by atoms with Crippen molar-refractivity contribution in [1.82, 2.24) is 0 Å². The number of nitrogens with zero attached hydrogens (tertiary/aromatic N) is 2. The van der Waals surface area contributed by atoms with Crippen LogP contribution in [-0.4, -0.2) is 11.0 Å². The second kappa shape index (κ2) is 5.72. The summed E-state index contributed by atoms with van der Waals surface area (Å²) in [4.78, 5) is 12.0. The van der Waals surface area contributed by atoms with Gasteiger partial charge in [0, 0.05) is 5.69 Å². The van der Waals surface area contributed by atoms with Gasteiger partial charge in [-0.25, -0.2) is 4.39 Å². The van der Waals surface area contributed by atoms with Crippen molar-refractivity contribution in [3.05, 3.63) is 58.9 Å². The van der Waals surface area contributed by atoms with E-state index in [4.69, 9.17) is 10.5 Å². The number of hydrogen-bond donors (Lipinski definition) is 2. The van der Waals surface area contributed by atoms with E-state index in [9.17, 15) is 14.3 Å². The first-order valence-electron chi connectivity index (χ1n) is 5.80. The third-order valence-electron chi connectivity index (χ3n) is 2.74. The minimum Gasteiger partial charge on any atom is -0.507 e. The highest BCUT2D eigenvalue weighted by molar-refractivity contribution is 6.06. The first kappa shape index (κ1) is 14.0. The van der Waals surface area contributed by atoms with Crippen LogP contribution in [0.2, 0.25) is 0 Å². The monoisotopic (exact) mass is 281 g/mol. The van der Waals surface area contributed by atoms with Crippen LogP contribution < -0.4 is 5.32 Å². The molecule has 0 aliphatic heterocycles. The van der Waals surface area contributed by atoms with Crippen LogP contribution in [0.3, 0.4) is 0 Å². The second-order valence-electron chi connectivity index (χ2n) is 4.07. The molecule has 1 amide bonds. The van der Waals surface area contributed by atoms with Gasteiger partial charge >= 0.3 is 0 Å². The number of hydrogen-bond acceptors (Lipinski definition) is 4. The van der Waals surface area contributed by atoms with Gasteiger partial charge in [0.05, 0.1) is 11.1 Å². The number of benzene rings is 2. The van der Waals surface area contributed by atoms with Gasteiger partial charge in [0.1, 0.15) is 29.3 Å². The number of halogens is 1. The zero-order chi connectivity index (χ0) is 15.4. The van der Waals surface area contributed by atoms with Gasteiger partial charge in [-0.15, -0.1) is 0 Å². The number of phenolic OH excluding ortho intramolecular Hbond substituents is 1. The summed E-state index contributed by atoms with van der Waals surface area (Å²) in [6, 6.07) is 11.3. The standard InChI is InChI=1S/C15H8FN3O2/c16-12-2-1-3-13(20)14(12)15(21)19-11-5-4-9(7-17)10(6-11)8-18/h1-6,20H,(H,19,21). The van der Waals surface area contributed by atoms with E-state index >= 15 is 0 Å². The lowest BCUT2D eigenvalue weighted by Crippen LogP contribution is -2.14. The van der Waals surface area contributed by atoms with Crippen molar-refractivity contribution in [2.75, 3.05) is 5.32 Å². The molecule has 5 nitrogen and oxygen atoms in total. The number of carbonyl (C=O) groups excluding carboxylic acids is 1. The Balaban J connectivity index is 2.33. The summed E-state index contributed by atoms with van der Waals surface area (Å²) in [5.74, 6) is -2.19. The number of rotatable bonds is 2. The molecule has 0 saturated carbocycles. The molecule has 0 radical (unpaired) electrons. The fourth-order valence-corrected chi connectivity index (χ4v) is 1.74. The molecule has 21 heavy (non-hydrogen) atoms. The normalized spacial score (nSPS) is 9.48. The van der Waals surface area contributed by atoms with Gasteiger partial charge < -0.3 is 10.4 Å². The molecule has 2 aromatic rings. The van der Waals surface area contributed by atoms with E-state index in [2.05, 4.69) is 5.32 Å². The molecule has 0 fully saturated rings. The van der Waals surface area contributed by atoms with Gasteiger partial charge in [-0.05, 0) is 30.3 Å². The van der Waals surface area contributed by atoms with E-state index in [1.54, 1.807) is 0 Å². The zero-order valence-corrected chi connectivity index (χ0v) is 10.6. The lowest BCUT2D eigenvalue weighted by Gasteiger charge is -2.08. The molecule has 2 aromatic carbocycles. The van der Waals surface area contributed by atoms with Gasteiger partial charge in [0.15, 0.2) is 0 Å². The Morgan fingerprint density at radius 1 is 1.14 bits per heavy atom. The summed E-state index contributed by atoms with van der Waals surface area (Å²) in [7, 11) is 0. The van der Waals surface area contributed by atoms with E-state index in [-0.39, 0.29) is 16.8 Å². The summed E-state index contributed by atoms with van der Waals surface area (Å²) in [6.07, 6.45) is 0. The lowest BCUT2D eigenvalue weighted by atomic mass is 10.1. The van der Waals surface area contributed by atoms with Crippen molar-refractivity contribution in [3.63, 3.8) is 0 Å². The molecular weight excluding hydrogens is 273 g/mol. The van der Waals surface area contributed by atoms with Crippen LogP contribution in [-0.2, 0) is 0 Å². The molecule has 0 saturated heterocycles. The molecular formula is C15H8FN3O2. The summed E-state index contributed by atoms with van der Waals surface area (Å²) >= 11 is 0. The van der Waals surface area contributed by atoms with Crippen LogP contribution in [0.5, 0.6) is 5.75 Å². The van der Waals surface area contributed by atoms with Gasteiger partial charge in [-0.3, -0.25) is 4.79 Å². The average Bonchev–Trinajstić information content (AvgIpc) is 2.46. The Hall–Kier alpha value is -3.38. The van der Waals surface area contributed by atoms with Crippen molar-refractivity contribution < 1.29 is 14.3 Å². The Kier molecular flexibility index (Phi) is 3.83. The molecule has 0 aliphatic rings. The molecule has 0 spiro atoms. The SMILES string of the molecule is N#Cc1ccc(NC(=O)c2c(O)cccc2F)cc1C#N. The molecule has 0 aliphatic carbocycles. The van der Waals surface area contributed by atoms with Crippen molar-refractivity contribution in [1.29, 1.82) is 10.5 Å². The second-order valence-corrected chi connectivity index (χ2v) is 4.07. The highest BCUT2D eigenvalue weighted by Crippen LogP contribution is 2.22. The molecule has 2 rings (SSSR count). The van der Waals surface area contributed by atoms with E-state index < -0.39 is 23.0 Å². The van der Waals surface area contributed by atoms with E-state index in [1.165, 1.54) is 30.3 Å². The fraction of sp³-hybridized carbons (Fsp3) is 0. The largest absolute Gasteiger partial charge is 0.507 e. The van der Waals surface area contributed by atoms with Crippen LogP contribution in [0.15, 0.2) is 36.4 Å². The Labute approximate surface area is 119 Å². The van der Waals surface area contributed by atoms with Crippen LogP contribution in [0, 0.1) is 28.5 Å². The zero-order valence-electron chi connectivity index (χ0n) is 10.6. The van der Waals surface area contributed by atoms with Gasteiger partial charge in [0.2, 0.25) is 0 Å². The molecule has 6 heteroatoms. The van der Waals surface area contributed by atoms with Crippen LogP contribution in [0.25, 0.3) is 0 Å². The van der Waals surface area contributed by atoms with Crippen molar-refractivity contribution in [2.45, 2.75) is 0 Å². The minimum absolute atomic E-state index is 0.0908. The smallest absolute Gasteiger partial charge is 0.262 e. The topological polar surface area (TPSA) is 96.9 Å². The Morgan fingerprint density at radius 3 is 2.48 bits per heavy atom. The lowest BCUT2D eigenvalue weighted by molar-refractivity contribution is 0.102. The summed E-state index contributed by atoms with van der Waals surface area (Å²) < 4.78 is 13.6. The molecule has 0 bridgehead atoms. The predicted molar refractivity (Wildman–Crippen MR) is 71.9 cm³/mol. The van der Waals surface area contributed by atoms with Crippen LogP contribution >= 0.6 is 0 Å². The molecule has 2 N–H and O–H groups in total. The fourth-order valence-electron chi connectivity index (χ4n) is 1.74. The van der Waals surface area contributed by atoms with E-state index in [0.717, 1.165) is 6.07 Å². The Morgan fingerprint density at radius 2 is 1.86 bits per heavy atom. The third-order valence-corrected chi connectivity index (χ3v) is 2.74. The molecule has 0 atom stereocenters. The third kappa shape index (κ3) is 2.80. The van der Waals surface area contributed by atoms with Gasteiger partial charge in [-0.2, -0.15) is 10.5 Å². The maximum Gasteiger partial charge on any atom is 0.262 e. The number of phenols is 1. The van der Waals surface area contributed by atoms with Crippen molar-refractivity contribution >= 4 is 11.6 Å². The first-order valence-corrected chi connectivity index (χ1v) is 5.80. The average molecular weight is 281 g/mol. The van der Waals surface area contributed by atoms with Crippen LogP contribution in [0.4, 0.5) is 10.1 Å². The molecule has 0 unspecified atom stereocenters. The number of anilines is 1. The van der Waals surface area contributed by atoms with Gasteiger partial charge in [0.25, 0.3) is 5.91 Å². The number of carbonyl (C=O) groups is 1. The first-order chi connectivity index (χ1) is 10.1. The predicted octanol–water partition coefficient (Wildman–Crippen LogP) is 2.53. The highest BCUT2D eigenvalue weighted by atomic mass is 19.1. The number of amides is 1. The van der Waals surface area contributed by atoms with Crippen molar-refractivity contribution in [2.24, 2.45) is 0 Å². The highest BCUT2D eigenvalue weighted by Gasteiger charge is 2.17. The number of nitrogens with one attached hydrogen (secondary N) is 1.